The molecular weight excluding hydrogens is 146 g/mol. The zero-order valence-corrected chi connectivity index (χ0v) is 8.59. The fourth-order valence-electron chi connectivity index (χ4n) is 3.23. The first-order chi connectivity index (χ1) is 5.74. The van der Waals surface area contributed by atoms with Crippen molar-refractivity contribution in [3.63, 3.8) is 0 Å². The van der Waals surface area contributed by atoms with Gasteiger partial charge in [-0.05, 0) is 44.1 Å². The number of rotatable bonds is 2. The van der Waals surface area contributed by atoms with Crippen LogP contribution < -0.4 is 0 Å². The lowest BCUT2D eigenvalue weighted by atomic mass is 9.86. The molecule has 0 N–H and O–H groups in total. The molecule has 0 aromatic heterocycles. The summed E-state index contributed by atoms with van der Waals surface area (Å²) in [6, 6.07) is 0.896. The van der Waals surface area contributed by atoms with Crippen LogP contribution in [0.3, 0.4) is 0 Å². The predicted octanol–water partition coefficient (Wildman–Crippen LogP) is 2.37. The summed E-state index contributed by atoms with van der Waals surface area (Å²) in [5, 5.41) is 0. The molecule has 1 aliphatic heterocycles. The van der Waals surface area contributed by atoms with Crippen molar-refractivity contribution >= 4 is 0 Å². The average Bonchev–Trinajstić information content (AvgIpc) is 2.78. The summed E-state index contributed by atoms with van der Waals surface area (Å²) in [5.74, 6) is 3.07. The summed E-state index contributed by atoms with van der Waals surface area (Å²) < 4.78 is 0. The highest BCUT2D eigenvalue weighted by atomic mass is 15.2. The minimum Gasteiger partial charge on any atom is -0.303 e. The van der Waals surface area contributed by atoms with Gasteiger partial charge < -0.3 is 4.90 Å². The second-order valence-corrected chi connectivity index (χ2v) is 4.81. The van der Waals surface area contributed by atoms with E-state index in [9.17, 15) is 0 Å². The Kier molecular flexibility index (Phi) is 2.16. The SMILES string of the molecule is CCC1C(C2CC2)C(C)CN1C. The Labute approximate surface area is 76.1 Å². The standard InChI is InChI=1S/C11H21N/c1-4-10-11(9-5-6-9)8(2)7-12(10)3/h8-11H,4-7H2,1-3H3. The highest BCUT2D eigenvalue weighted by Crippen LogP contribution is 2.47. The van der Waals surface area contributed by atoms with Gasteiger partial charge in [0.15, 0.2) is 0 Å². The van der Waals surface area contributed by atoms with E-state index in [1.54, 1.807) is 0 Å². The molecule has 1 saturated carbocycles. The van der Waals surface area contributed by atoms with E-state index >= 15 is 0 Å². The maximum absolute atomic E-state index is 2.58. The van der Waals surface area contributed by atoms with E-state index in [2.05, 4.69) is 25.8 Å². The van der Waals surface area contributed by atoms with Crippen LogP contribution in [-0.4, -0.2) is 24.5 Å². The van der Waals surface area contributed by atoms with Crippen LogP contribution in [0.5, 0.6) is 0 Å². The van der Waals surface area contributed by atoms with E-state index in [4.69, 9.17) is 0 Å². The molecule has 0 bridgehead atoms. The Morgan fingerprint density at radius 1 is 1.33 bits per heavy atom. The lowest BCUT2D eigenvalue weighted by Crippen LogP contribution is -2.29. The monoisotopic (exact) mass is 167 g/mol. The quantitative estimate of drug-likeness (QED) is 0.610. The molecule has 2 aliphatic rings. The third-order valence-corrected chi connectivity index (χ3v) is 3.83. The fourth-order valence-corrected chi connectivity index (χ4v) is 3.23. The van der Waals surface area contributed by atoms with Gasteiger partial charge in [0.25, 0.3) is 0 Å². The maximum Gasteiger partial charge on any atom is 0.0124 e. The normalized spacial score (nSPS) is 43.8. The predicted molar refractivity (Wildman–Crippen MR) is 52.1 cm³/mol. The van der Waals surface area contributed by atoms with E-state index in [0.29, 0.717) is 0 Å². The first-order valence-corrected chi connectivity index (χ1v) is 5.44. The van der Waals surface area contributed by atoms with Crippen LogP contribution in [-0.2, 0) is 0 Å². The van der Waals surface area contributed by atoms with Crippen molar-refractivity contribution in [2.45, 2.75) is 39.2 Å². The molecule has 1 aliphatic carbocycles. The maximum atomic E-state index is 2.58. The summed E-state index contributed by atoms with van der Waals surface area (Å²) in [7, 11) is 2.30. The van der Waals surface area contributed by atoms with Crippen LogP contribution in [0, 0.1) is 17.8 Å². The second-order valence-electron chi connectivity index (χ2n) is 4.81. The highest BCUT2D eigenvalue weighted by Gasteiger charge is 2.44. The minimum atomic E-state index is 0.896. The van der Waals surface area contributed by atoms with Crippen LogP contribution in [0.25, 0.3) is 0 Å². The molecule has 0 aromatic carbocycles. The fraction of sp³-hybridized carbons (Fsp3) is 1.00. The van der Waals surface area contributed by atoms with Crippen molar-refractivity contribution in [3.05, 3.63) is 0 Å². The summed E-state index contributed by atoms with van der Waals surface area (Å²) in [6.45, 7) is 6.11. The van der Waals surface area contributed by atoms with Crippen LogP contribution >= 0.6 is 0 Å². The number of hydrogen-bond acceptors (Lipinski definition) is 1. The van der Waals surface area contributed by atoms with Crippen molar-refractivity contribution in [1.82, 2.24) is 4.90 Å². The summed E-state index contributed by atoms with van der Waals surface area (Å²) >= 11 is 0. The first kappa shape index (κ1) is 8.55. The molecule has 1 heteroatoms. The molecule has 1 nitrogen and oxygen atoms in total. The lowest BCUT2D eigenvalue weighted by molar-refractivity contribution is 0.245. The molecule has 2 fully saturated rings. The van der Waals surface area contributed by atoms with E-state index in [1.165, 1.54) is 25.8 Å². The Bertz CT molecular complexity index is 162. The topological polar surface area (TPSA) is 3.24 Å². The van der Waals surface area contributed by atoms with Crippen molar-refractivity contribution in [2.24, 2.45) is 17.8 Å². The molecular formula is C11H21N. The van der Waals surface area contributed by atoms with Gasteiger partial charge in [0.05, 0.1) is 0 Å². The van der Waals surface area contributed by atoms with Gasteiger partial charge in [0.1, 0.15) is 0 Å². The number of nitrogens with zero attached hydrogens (tertiary/aromatic N) is 1. The smallest absolute Gasteiger partial charge is 0.0124 e. The van der Waals surface area contributed by atoms with E-state index in [-0.39, 0.29) is 0 Å². The van der Waals surface area contributed by atoms with Crippen molar-refractivity contribution < 1.29 is 0 Å². The molecule has 0 radical (unpaired) electrons. The highest BCUT2D eigenvalue weighted by molar-refractivity contribution is 4.96. The van der Waals surface area contributed by atoms with Crippen LogP contribution in [0.2, 0.25) is 0 Å². The molecule has 1 heterocycles. The van der Waals surface area contributed by atoms with Crippen LogP contribution in [0.4, 0.5) is 0 Å². The Morgan fingerprint density at radius 2 is 2.00 bits per heavy atom. The van der Waals surface area contributed by atoms with Crippen LogP contribution in [0.15, 0.2) is 0 Å². The van der Waals surface area contributed by atoms with E-state index in [1.807, 2.05) is 0 Å². The molecule has 0 spiro atoms. The number of hydrogen-bond donors (Lipinski definition) is 0. The Balaban J connectivity index is 2.06. The average molecular weight is 167 g/mol. The summed E-state index contributed by atoms with van der Waals surface area (Å²) in [4.78, 5) is 2.58. The molecule has 2 rings (SSSR count). The van der Waals surface area contributed by atoms with E-state index < -0.39 is 0 Å². The van der Waals surface area contributed by atoms with Crippen molar-refractivity contribution in [1.29, 1.82) is 0 Å². The molecule has 70 valence electrons. The zero-order chi connectivity index (χ0) is 8.72. The van der Waals surface area contributed by atoms with Crippen molar-refractivity contribution in [3.8, 4) is 0 Å². The third-order valence-electron chi connectivity index (χ3n) is 3.83. The molecule has 3 unspecified atom stereocenters. The summed E-state index contributed by atoms with van der Waals surface area (Å²) in [6.07, 6.45) is 4.38. The van der Waals surface area contributed by atoms with Gasteiger partial charge in [0, 0.05) is 12.6 Å². The van der Waals surface area contributed by atoms with Gasteiger partial charge >= 0.3 is 0 Å². The van der Waals surface area contributed by atoms with Gasteiger partial charge in [-0.1, -0.05) is 13.8 Å². The molecule has 0 amide bonds. The lowest BCUT2D eigenvalue weighted by Gasteiger charge is -2.24. The Hall–Kier alpha value is -0.0400. The van der Waals surface area contributed by atoms with Crippen LogP contribution in [0.1, 0.15) is 33.1 Å². The van der Waals surface area contributed by atoms with E-state index in [0.717, 1.165) is 23.8 Å². The number of likely N-dealkylation sites (tertiary alicyclic amines) is 1. The van der Waals surface area contributed by atoms with Gasteiger partial charge in [-0.3, -0.25) is 0 Å². The molecule has 12 heavy (non-hydrogen) atoms. The largest absolute Gasteiger partial charge is 0.303 e. The zero-order valence-electron chi connectivity index (χ0n) is 8.59. The van der Waals surface area contributed by atoms with Gasteiger partial charge in [-0.15, -0.1) is 0 Å². The van der Waals surface area contributed by atoms with Gasteiger partial charge in [0.2, 0.25) is 0 Å². The molecule has 3 atom stereocenters. The van der Waals surface area contributed by atoms with Crippen molar-refractivity contribution in [2.75, 3.05) is 13.6 Å². The molecule has 1 saturated heterocycles. The first-order valence-electron chi connectivity index (χ1n) is 5.44. The minimum absolute atomic E-state index is 0.896. The second kappa shape index (κ2) is 3.02. The Morgan fingerprint density at radius 3 is 2.50 bits per heavy atom. The third kappa shape index (κ3) is 1.28. The summed E-state index contributed by atoms with van der Waals surface area (Å²) in [5.41, 5.74) is 0. The van der Waals surface area contributed by atoms with Gasteiger partial charge in [-0.25, -0.2) is 0 Å². The van der Waals surface area contributed by atoms with Gasteiger partial charge in [-0.2, -0.15) is 0 Å². The molecule has 0 aromatic rings.